The first-order chi connectivity index (χ1) is 7.94. The molecule has 96 valence electrons. The Kier molecular flexibility index (Phi) is 3.54. The summed E-state index contributed by atoms with van der Waals surface area (Å²) in [7, 11) is 0. The van der Waals surface area contributed by atoms with Crippen LogP contribution >= 0.6 is 15.9 Å². The summed E-state index contributed by atoms with van der Waals surface area (Å²) in [6.07, 6.45) is 1.99. The second-order valence-corrected chi connectivity index (χ2v) is 5.43. The number of nitrogens with two attached hydrogens (primary N) is 1. The average Bonchev–Trinajstić information content (AvgIpc) is 2.80. The summed E-state index contributed by atoms with van der Waals surface area (Å²) in [5.41, 5.74) is 6.95. The van der Waals surface area contributed by atoms with Crippen LogP contribution in [0.15, 0.2) is 10.7 Å². The SMILES string of the molecule is CCn1ncc(Br)c1C(N)C1CCC(F)(F)C1. The highest BCUT2D eigenvalue weighted by Crippen LogP contribution is 2.44. The summed E-state index contributed by atoms with van der Waals surface area (Å²) in [6, 6.07) is -0.375. The van der Waals surface area contributed by atoms with Gasteiger partial charge in [0.25, 0.3) is 0 Å². The molecule has 0 radical (unpaired) electrons. The molecule has 1 aliphatic carbocycles. The van der Waals surface area contributed by atoms with Gasteiger partial charge in [-0.2, -0.15) is 5.10 Å². The molecular formula is C11H16BrF2N3. The van der Waals surface area contributed by atoms with Crippen molar-refractivity contribution in [3.63, 3.8) is 0 Å². The second kappa shape index (κ2) is 4.65. The lowest BCUT2D eigenvalue weighted by Crippen LogP contribution is -2.24. The Morgan fingerprint density at radius 3 is 2.94 bits per heavy atom. The summed E-state index contributed by atoms with van der Waals surface area (Å²) in [5, 5.41) is 4.17. The van der Waals surface area contributed by atoms with E-state index in [0.717, 1.165) is 10.2 Å². The monoisotopic (exact) mass is 307 g/mol. The first-order valence-corrected chi connectivity index (χ1v) is 6.58. The highest BCUT2D eigenvalue weighted by Gasteiger charge is 2.42. The normalized spacial score (nSPS) is 25.1. The van der Waals surface area contributed by atoms with Gasteiger partial charge in [-0.1, -0.05) is 0 Å². The molecule has 2 rings (SSSR count). The van der Waals surface area contributed by atoms with E-state index in [-0.39, 0.29) is 24.8 Å². The van der Waals surface area contributed by atoms with Gasteiger partial charge in [-0.25, -0.2) is 8.78 Å². The fraction of sp³-hybridized carbons (Fsp3) is 0.727. The maximum atomic E-state index is 13.2. The third-order valence-electron chi connectivity index (χ3n) is 3.40. The van der Waals surface area contributed by atoms with E-state index in [9.17, 15) is 8.78 Å². The van der Waals surface area contributed by atoms with E-state index in [2.05, 4.69) is 21.0 Å². The van der Waals surface area contributed by atoms with Crippen LogP contribution in [0.2, 0.25) is 0 Å². The van der Waals surface area contributed by atoms with Gasteiger partial charge in [-0.15, -0.1) is 0 Å². The average molecular weight is 308 g/mol. The fourth-order valence-corrected chi connectivity index (χ4v) is 3.03. The predicted molar refractivity (Wildman–Crippen MR) is 64.8 cm³/mol. The van der Waals surface area contributed by atoms with Crippen LogP contribution in [0.5, 0.6) is 0 Å². The van der Waals surface area contributed by atoms with E-state index in [0.29, 0.717) is 13.0 Å². The molecule has 1 heterocycles. The maximum Gasteiger partial charge on any atom is 0.248 e. The van der Waals surface area contributed by atoms with E-state index < -0.39 is 5.92 Å². The van der Waals surface area contributed by atoms with Crippen molar-refractivity contribution in [1.82, 2.24) is 9.78 Å². The summed E-state index contributed by atoms with van der Waals surface area (Å²) in [6.45, 7) is 2.65. The molecule has 3 nitrogen and oxygen atoms in total. The number of hydrogen-bond acceptors (Lipinski definition) is 2. The van der Waals surface area contributed by atoms with Crippen molar-refractivity contribution in [2.75, 3.05) is 0 Å². The van der Waals surface area contributed by atoms with Gasteiger partial charge in [0.2, 0.25) is 5.92 Å². The molecule has 1 saturated carbocycles. The van der Waals surface area contributed by atoms with E-state index in [1.165, 1.54) is 0 Å². The van der Waals surface area contributed by atoms with Crippen LogP contribution in [0.3, 0.4) is 0 Å². The van der Waals surface area contributed by atoms with Gasteiger partial charge in [0.15, 0.2) is 0 Å². The largest absolute Gasteiger partial charge is 0.322 e. The summed E-state index contributed by atoms with van der Waals surface area (Å²) >= 11 is 3.38. The molecule has 0 amide bonds. The third-order valence-corrected chi connectivity index (χ3v) is 4.01. The Labute approximate surface area is 107 Å². The highest BCUT2D eigenvalue weighted by atomic mass is 79.9. The van der Waals surface area contributed by atoms with Crippen LogP contribution in [0, 0.1) is 5.92 Å². The molecular weight excluding hydrogens is 292 g/mol. The quantitative estimate of drug-likeness (QED) is 0.932. The van der Waals surface area contributed by atoms with Crippen molar-refractivity contribution in [2.24, 2.45) is 11.7 Å². The minimum atomic E-state index is -2.55. The summed E-state index contributed by atoms with van der Waals surface area (Å²) in [4.78, 5) is 0. The molecule has 0 spiro atoms. The van der Waals surface area contributed by atoms with Gasteiger partial charge in [-0.05, 0) is 35.2 Å². The summed E-state index contributed by atoms with van der Waals surface area (Å²) in [5.74, 6) is -2.71. The van der Waals surface area contributed by atoms with Gasteiger partial charge >= 0.3 is 0 Å². The lowest BCUT2D eigenvalue weighted by molar-refractivity contribution is 0.00377. The smallest absolute Gasteiger partial charge is 0.248 e. The van der Waals surface area contributed by atoms with Crippen LogP contribution in [-0.2, 0) is 6.54 Å². The zero-order chi connectivity index (χ0) is 12.6. The Morgan fingerprint density at radius 1 is 1.71 bits per heavy atom. The first kappa shape index (κ1) is 13.0. The molecule has 0 aromatic carbocycles. The van der Waals surface area contributed by atoms with Gasteiger partial charge in [-0.3, -0.25) is 4.68 Å². The van der Waals surface area contributed by atoms with Crippen molar-refractivity contribution >= 4 is 15.9 Å². The first-order valence-electron chi connectivity index (χ1n) is 5.79. The number of rotatable bonds is 3. The van der Waals surface area contributed by atoms with Crippen LogP contribution in [0.25, 0.3) is 0 Å². The molecule has 1 aliphatic rings. The number of aryl methyl sites for hydroxylation is 1. The molecule has 2 atom stereocenters. The molecule has 2 unspecified atom stereocenters. The maximum absolute atomic E-state index is 13.2. The number of hydrogen-bond donors (Lipinski definition) is 1. The van der Waals surface area contributed by atoms with Gasteiger partial charge in [0, 0.05) is 19.4 Å². The Bertz CT molecular complexity index is 405. The Balaban J connectivity index is 2.20. The van der Waals surface area contributed by atoms with Crippen molar-refractivity contribution in [2.45, 2.75) is 44.7 Å². The molecule has 0 aliphatic heterocycles. The molecule has 1 aromatic heterocycles. The van der Waals surface area contributed by atoms with Gasteiger partial charge < -0.3 is 5.73 Å². The topological polar surface area (TPSA) is 43.8 Å². The van der Waals surface area contributed by atoms with Crippen molar-refractivity contribution < 1.29 is 8.78 Å². The zero-order valence-corrected chi connectivity index (χ0v) is 11.3. The summed E-state index contributed by atoms with van der Waals surface area (Å²) < 4.78 is 29.0. The molecule has 0 saturated heterocycles. The van der Waals surface area contributed by atoms with Gasteiger partial charge in [0.1, 0.15) is 0 Å². The Morgan fingerprint density at radius 2 is 2.41 bits per heavy atom. The van der Waals surface area contributed by atoms with E-state index in [1.54, 1.807) is 10.9 Å². The standard InChI is InChI=1S/C11H16BrF2N3/c1-2-17-10(8(12)6-16-17)9(15)7-3-4-11(13,14)5-7/h6-7,9H,2-5,15H2,1H3. The third kappa shape index (κ3) is 2.52. The molecule has 1 fully saturated rings. The molecule has 1 aromatic rings. The minimum Gasteiger partial charge on any atom is -0.322 e. The van der Waals surface area contributed by atoms with E-state index >= 15 is 0 Å². The fourth-order valence-electron chi connectivity index (χ4n) is 2.47. The zero-order valence-electron chi connectivity index (χ0n) is 9.67. The van der Waals surface area contributed by atoms with Crippen LogP contribution in [0.4, 0.5) is 8.78 Å². The lowest BCUT2D eigenvalue weighted by atomic mass is 9.96. The number of halogens is 3. The minimum absolute atomic E-state index is 0.0523. The number of alkyl halides is 2. The molecule has 17 heavy (non-hydrogen) atoms. The number of nitrogens with zero attached hydrogens (tertiary/aromatic N) is 2. The van der Waals surface area contributed by atoms with Crippen molar-refractivity contribution in [1.29, 1.82) is 0 Å². The lowest BCUT2D eigenvalue weighted by Gasteiger charge is -2.20. The van der Waals surface area contributed by atoms with Gasteiger partial charge in [0.05, 0.1) is 22.4 Å². The molecule has 2 N–H and O–H groups in total. The predicted octanol–water partition coefficient (Wildman–Crippen LogP) is 3.10. The van der Waals surface area contributed by atoms with E-state index in [4.69, 9.17) is 5.73 Å². The Hall–Kier alpha value is -0.490. The highest BCUT2D eigenvalue weighted by molar-refractivity contribution is 9.10. The number of aromatic nitrogens is 2. The van der Waals surface area contributed by atoms with Crippen LogP contribution < -0.4 is 5.73 Å². The second-order valence-electron chi connectivity index (χ2n) is 4.58. The van der Waals surface area contributed by atoms with Crippen LogP contribution in [0.1, 0.15) is 37.9 Å². The van der Waals surface area contributed by atoms with Crippen LogP contribution in [-0.4, -0.2) is 15.7 Å². The van der Waals surface area contributed by atoms with Crippen molar-refractivity contribution in [3.05, 3.63) is 16.4 Å². The van der Waals surface area contributed by atoms with E-state index in [1.807, 2.05) is 6.92 Å². The van der Waals surface area contributed by atoms with Crippen molar-refractivity contribution in [3.8, 4) is 0 Å². The molecule has 0 bridgehead atoms. The molecule has 6 heteroatoms.